The third-order valence-electron chi connectivity index (χ3n) is 3.78. The van der Waals surface area contributed by atoms with Crippen molar-refractivity contribution in [2.45, 2.75) is 31.6 Å². The number of amides is 1. The minimum atomic E-state index is -0.253. The Kier molecular flexibility index (Phi) is 3.85. The van der Waals surface area contributed by atoms with Crippen molar-refractivity contribution in [3.05, 3.63) is 18.2 Å². The van der Waals surface area contributed by atoms with Crippen LogP contribution in [0.1, 0.15) is 26.7 Å². The molecule has 1 aromatic rings. The lowest BCUT2D eigenvalue weighted by Gasteiger charge is -2.27. The summed E-state index contributed by atoms with van der Waals surface area (Å²) in [6.45, 7) is 4.17. The minimum Gasteiger partial charge on any atom is -0.497 e. The van der Waals surface area contributed by atoms with Gasteiger partial charge in [-0.1, -0.05) is 13.8 Å². The number of nitrogens with one attached hydrogen (secondary N) is 1. The van der Waals surface area contributed by atoms with Gasteiger partial charge in [-0.2, -0.15) is 0 Å². The Balaban J connectivity index is 2.35. The van der Waals surface area contributed by atoms with Crippen LogP contribution in [0.2, 0.25) is 0 Å². The normalized spacial score (nSPS) is 17.6. The topological polar surface area (TPSA) is 38.3 Å². The largest absolute Gasteiger partial charge is 0.497 e. The molecule has 0 saturated carbocycles. The molecular weight excluding hydrogens is 246 g/mol. The van der Waals surface area contributed by atoms with Crippen LogP contribution >= 0.6 is 11.8 Å². The van der Waals surface area contributed by atoms with E-state index in [4.69, 9.17) is 4.74 Å². The molecule has 3 nitrogen and oxygen atoms in total. The molecule has 1 N–H and O–H groups in total. The summed E-state index contributed by atoms with van der Waals surface area (Å²) in [5.74, 6) is 1.80. The smallest absolute Gasteiger partial charge is 0.231 e. The number of carbonyl (C=O) groups is 1. The number of methoxy groups -OCH3 is 1. The molecule has 0 unspecified atom stereocenters. The lowest BCUT2D eigenvalue weighted by atomic mass is 9.83. The Morgan fingerprint density at radius 1 is 1.39 bits per heavy atom. The maximum absolute atomic E-state index is 12.4. The molecule has 1 aliphatic heterocycles. The van der Waals surface area contributed by atoms with Gasteiger partial charge >= 0.3 is 0 Å². The van der Waals surface area contributed by atoms with Crippen LogP contribution in [0.25, 0.3) is 0 Å². The lowest BCUT2D eigenvalue weighted by molar-refractivity contribution is -0.124. The van der Waals surface area contributed by atoms with Crippen LogP contribution < -0.4 is 10.1 Å². The summed E-state index contributed by atoms with van der Waals surface area (Å²) in [7, 11) is 1.66. The van der Waals surface area contributed by atoms with Crippen molar-refractivity contribution >= 4 is 23.4 Å². The number of rotatable bonds is 3. The number of ether oxygens (including phenoxy) is 1. The molecule has 1 aliphatic rings. The van der Waals surface area contributed by atoms with Crippen LogP contribution in [0.4, 0.5) is 5.69 Å². The first-order chi connectivity index (χ1) is 8.65. The van der Waals surface area contributed by atoms with E-state index in [2.05, 4.69) is 19.2 Å². The molecule has 0 atom stereocenters. The fourth-order valence-electron chi connectivity index (χ4n) is 2.16. The Hall–Kier alpha value is -1.16. The van der Waals surface area contributed by atoms with Gasteiger partial charge in [0.15, 0.2) is 0 Å². The van der Waals surface area contributed by atoms with E-state index in [-0.39, 0.29) is 11.3 Å². The highest BCUT2D eigenvalue weighted by Gasteiger charge is 2.37. The average Bonchev–Trinajstić information content (AvgIpc) is 2.54. The third kappa shape index (κ3) is 2.21. The van der Waals surface area contributed by atoms with E-state index in [1.54, 1.807) is 18.9 Å². The zero-order chi connectivity index (χ0) is 13.2. The molecule has 98 valence electrons. The summed E-state index contributed by atoms with van der Waals surface area (Å²) in [5.41, 5.74) is 0.645. The fourth-order valence-corrected chi connectivity index (χ4v) is 3.61. The zero-order valence-corrected chi connectivity index (χ0v) is 11.9. The number of carbonyl (C=O) groups excluding carboxylic acids is 1. The summed E-state index contributed by atoms with van der Waals surface area (Å²) in [6.07, 6.45) is 1.74. The highest BCUT2D eigenvalue weighted by Crippen LogP contribution is 2.42. The number of hydrogen-bond donors (Lipinski definition) is 1. The van der Waals surface area contributed by atoms with Crippen molar-refractivity contribution in [2.24, 2.45) is 5.41 Å². The quantitative estimate of drug-likeness (QED) is 0.908. The van der Waals surface area contributed by atoms with Crippen molar-refractivity contribution in [1.82, 2.24) is 0 Å². The van der Waals surface area contributed by atoms with Gasteiger partial charge < -0.3 is 10.1 Å². The Labute approximate surface area is 112 Å². The molecule has 4 heteroatoms. The molecule has 1 aromatic carbocycles. The van der Waals surface area contributed by atoms with Crippen LogP contribution in [-0.4, -0.2) is 18.8 Å². The van der Waals surface area contributed by atoms with E-state index in [1.807, 2.05) is 18.2 Å². The molecule has 0 fully saturated rings. The maximum Gasteiger partial charge on any atom is 0.231 e. The van der Waals surface area contributed by atoms with Crippen LogP contribution in [-0.2, 0) is 4.79 Å². The zero-order valence-electron chi connectivity index (χ0n) is 11.1. The SMILES string of the molecule is CCC1(CC)CSc2cc(OC)ccc2NC1=O. The summed E-state index contributed by atoms with van der Waals surface area (Å²) in [6, 6.07) is 5.78. The molecular formula is C14H19NO2S. The van der Waals surface area contributed by atoms with E-state index < -0.39 is 0 Å². The Morgan fingerprint density at radius 2 is 2.11 bits per heavy atom. The van der Waals surface area contributed by atoms with Crippen molar-refractivity contribution in [3.63, 3.8) is 0 Å². The van der Waals surface area contributed by atoms with Crippen molar-refractivity contribution < 1.29 is 9.53 Å². The molecule has 0 saturated heterocycles. The fraction of sp³-hybridized carbons (Fsp3) is 0.500. The summed E-state index contributed by atoms with van der Waals surface area (Å²) >= 11 is 1.74. The predicted octanol–water partition coefficient (Wildman–Crippen LogP) is 3.55. The van der Waals surface area contributed by atoms with Crippen LogP contribution in [0.15, 0.2) is 23.1 Å². The Bertz CT molecular complexity index is 455. The Morgan fingerprint density at radius 3 is 2.72 bits per heavy atom. The van der Waals surface area contributed by atoms with Crippen LogP contribution in [0, 0.1) is 5.41 Å². The molecule has 0 spiro atoms. The molecule has 0 bridgehead atoms. The lowest BCUT2D eigenvalue weighted by Crippen LogP contribution is -2.36. The van der Waals surface area contributed by atoms with Gasteiger partial charge in [0.25, 0.3) is 0 Å². The second-order valence-electron chi connectivity index (χ2n) is 4.59. The first kappa shape index (κ1) is 13.3. The van der Waals surface area contributed by atoms with E-state index in [9.17, 15) is 4.79 Å². The second-order valence-corrected chi connectivity index (χ2v) is 5.61. The molecule has 1 heterocycles. The summed E-state index contributed by atoms with van der Waals surface area (Å²) in [4.78, 5) is 13.4. The number of fused-ring (bicyclic) bond motifs is 1. The molecule has 0 aliphatic carbocycles. The van der Waals surface area contributed by atoms with E-state index in [0.717, 1.165) is 34.9 Å². The van der Waals surface area contributed by atoms with E-state index in [0.29, 0.717) is 0 Å². The van der Waals surface area contributed by atoms with Gasteiger partial charge in [-0.25, -0.2) is 0 Å². The van der Waals surface area contributed by atoms with E-state index >= 15 is 0 Å². The average molecular weight is 265 g/mol. The van der Waals surface area contributed by atoms with E-state index in [1.165, 1.54) is 0 Å². The summed E-state index contributed by atoms with van der Waals surface area (Å²) in [5, 5.41) is 3.05. The van der Waals surface area contributed by atoms with Crippen LogP contribution in [0.5, 0.6) is 5.75 Å². The van der Waals surface area contributed by atoms with Crippen LogP contribution in [0.3, 0.4) is 0 Å². The van der Waals surface area contributed by atoms with Gasteiger partial charge in [-0.15, -0.1) is 11.8 Å². The first-order valence-electron chi connectivity index (χ1n) is 6.27. The number of anilines is 1. The molecule has 2 rings (SSSR count). The summed E-state index contributed by atoms with van der Waals surface area (Å²) < 4.78 is 5.23. The second kappa shape index (κ2) is 5.22. The highest BCUT2D eigenvalue weighted by molar-refractivity contribution is 7.99. The maximum atomic E-state index is 12.4. The first-order valence-corrected chi connectivity index (χ1v) is 7.26. The van der Waals surface area contributed by atoms with Crippen molar-refractivity contribution in [3.8, 4) is 5.75 Å². The predicted molar refractivity (Wildman–Crippen MR) is 75.4 cm³/mol. The number of thioether (sulfide) groups is 1. The van der Waals surface area contributed by atoms with Gasteiger partial charge in [0, 0.05) is 10.6 Å². The van der Waals surface area contributed by atoms with Gasteiger partial charge in [0.05, 0.1) is 18.2 Å². The third-order valence-corrected chi connectivity index (χ3v) is 5.12. The molecule has 1 amide bonds. The minimum absolute atomic E-state index is 0.143. The van der Waals surface area contributed by atoms with Gasteiger partial charge in [-0.05, 0) is 31.0 Å². The van der Waals surface area contributed by atoms with Crippen molar-refractivity contribution in [2.75, 3.05) is 18.2 Å². The van der Waals surface area contributed by atoms with Gasteiger partial charge in [-0.3, -0.25) is 4.79 Å². The molecule has 0 radical (unpaired) electrons. The standard InChI is InChI=1S/C14H19NO2S/c1-4-14(5-2)9-18-12-8-10(17-3)6-7-11(12)15-13(14)16/h6-8H,4-5,9H2,1-3H3,(H,15,16). The van der Waals surface area contributed by atoms with Crippen molar-refractivity contribution in [1.29, 1.82) is 0 Å². The monoisotopic (exact) mass is 265 g/mol. The molecule has 0 aromatic heterocycles. The highest BCUT2D eigenvalue weighted by atomic mass is 32.2. The molecule has 18 heavy (non-hydrogen) atoms. The number of hydrogen-bond acceptors (Lipinski definition) is 3. The number of benzene rings is 1. The van der Waals surface area contributed by atoms with Gasteiger partial charge in [0.2, 0.25) is 5.91 Å². The van der Waals surface area contributed by atoms with Gasteiger partial charge in [0.1, 0.15) is 5.75 Å².